The molecule has 0 saturated heterocycles. The van der Waals surface area contributed by atoms with Crippen molar-refractivity contribution in [1.82, 2.24) is 15.0 Å². The summed E-state index contributed by atoms with van der Waals surface area (Å²) in [5, 5.41) is 0. The quantitative estimate of drug-likeness (QED) is 0.712. The molecule has 0 N–H and O–H groups in total. The fourth-order valence-corrected chi connectivity index (χ4v) is 1.04. The highest BCUT2D eigenvalue weighted by atomic mass is 14.9. The first-order valence-electron chi connectivity index (χ1n) is 5.05. The van der Waals surface area contributed by atoms with Gasteiger partial charge in [0.25, 0.3) is 0 Å². The van der Waals surface area contributed by atoms with E-state index in [1.54, 1.807) is 12.4 Å². The lowest BCUT2D eigenvalue weighted by atomic mass is 10.2. The van der Waals surface area contributed by atoms with Gasteiger partial charge in [-0.15, -0.1) is 0 Å². The largest absolute Gasteiger partial charge is 0.265 e. The second kappa shape index (κ2) is 5.86. The summed E-state index contributed by atoms with van der Waals surface area (Å²) in [6.45, 7) is 5.97. The highest BCUT2D eigenvalue weighted by Crippen LogP contribution is 2.11. The summed E-state index contributed by atoms with van der Waals surface area (Å²) in [5.41, 5.74) is 2.06. The minimum Gasteiger partial charge on any atom is -0.265 e. The molecule has 0 aliphatic carbocycles. The maximum Gasteiger partial charge on any atom is 0.159 e. The van der Waals surface area contributed by atoms with E-state index < -0.39 is 0 Å². The first-order valence-corrected chi connectivity index (χ1v) is 5.05. The molecule has 2 heterocycles. The van der Waals surface area contributed by atoms with Crippen molar-refractivity contribution in [3.05, 3.63) is 42.5 Å². The fourth-order valence-electron chi connectivity index (χ4n) is 1.04. The first kappa shape index (κ1) is 11.3. The Kier molecular flexibility index (Phi) is 4.41. The first-order chi connectivity index (χ1) is 7.36. The lowest BCUT2D eigenvalue weighted by molar-refractivity contribution is 1.13. The minimum absolute atomic E-state index is 0.744. The highest BCUT2D eigenvalue weighted by Gasteiger charge is 1.97. The molecular weight excluding hydrogens is 186 g/mol. The molecule has 0 saturated carbocycles. The third-order valence-electron chi connectivity index (χ3n) is 1.72. The molecule has 0 bridgehead atoms. The molecule has 0 aliphatic heterocycles. The van der Waals surface area contributed by atoms with Gasteiger partial charge in [-0.05, 0) is 24.6 Å². The Morgan fingerprint density at radius 2 is 1.47 bits per heavy atom. The molecule has 3 heteroatoms. The van der Waals surface area contributed by atoms with Crippen LogP contribution in [0.25, 0.3) is 11.4 Å². The zero-order chi connectivity index (χ0) is 11.1. The van der Waals surface area contributed by atoms with Gasteiger partial charge in [-0.2, -0.15) is 0 Å². The van der Waals surface area contributed by atoms with Crippen molar-refractivity contribution in [3.63, 3.8) is 0 Å². The monoisotopic (exact) mass is 201 g/mol. The number of aryl methyl sites for hydroxylation is 1. The van der Waals surface area contributed by atoms with Gasteiger partial charge in [0.05, 0.1) is 0 Å². The summed E-state index contributed by atoms with van der Waals surface area (Å²) in [7, 11) is 0. The maximum atomic E-state index is 4.21. The zero-order valence-electron chi connectivity index (χ0n) is 9.31. The van der Waals surface area contributed by atoms with Gasteiger partial charge in [-0.3, -0.25) is 4.98 Å². The lowest BCUT2D eigenvalue weighted by Crippen LogP contribution is -1.88. The SMILES string of the molecule is CC.Cc1cnc(-c2ccncc2)nc1. The zero-order valence-corrected chi connectivity index (χ0v) is 9.31. The number of rotatable bonds is 1. The number of pyridine rings is 1. The number of hydrogen-bond acceptors (Lipinski definition) is 3. The van der Waals surface area contributed by atoms with Crippen LogP contribution in [0.1, 0.15) is 19.4 Å². The van der Waals surface area contributed by atoms with Crippen LogP contribution in [-0.4, -0.2) is 15.0 Å². The summed E-state index contributed by atoms with van der Waals surface area (Å²) in [6, 6.07) is 3.79. The average Bonchev–Trinajstić information content (AvgIpc) is 2.34. The van der Waals surface area contributed by atoms with E-state index in [1.807, 2.05) is 45.3 Å². The molecule has 0 radical (unpaired) electrons. The molecule has 0 amide bonds. The topological polar surface area (TPSA) is 38.7 Å². The third-order valence-corrected chi connectivity index (χ3v) is 1.72. The average molecular weight is 201 g/mol. The van der Waals surface area contributed by atoms with E-state index in [0.717, 1.165) is 17.0 Å². The molecular formula is C12H15N3. The van der Waals surface area contributed by atoms with Crippen molar-refractivity contribution in [3.8, 4) is 11.4 Å². The van der Waals surface area contributed by atoms with E-state index in [2.05, 4.69) is 15.0 Å². The molecule has 2 aromatic heterocycles. The van der Waals surface area contributed by atoms with Crippen LogP contribution in [0.5, 0.6) is 0 Å². The summed E-state index contributed by atoms with van der Waals surface area (Å²) < 4.78 is 0. The van der Waals surface area contributed by atoms with Gasteiger partial charge in [0.15, 0.2) is 5.82 Å². The Balaban J connectivity index is 0.000000531. The molecule has 15 heavy (non-hydrogen) atoms. The predicted octanol–water partition coefficient (Wildman–Crippen LogP) is 2.87. The molecule has 0 fully saturated rings. The molecule has 0 atom stereocenters. The van der Waals surface area contributed by atoms with Crippen LogP contribution in [0.4, 0.5) is 0 Å². The molecule has 0 unspecified atom stereocenters. The number of aromatic nitrogens is 3. The van der Waals surface area contributed by atoms with Crippen molar-refractivity contribution >= 4 is 0 Å². The van der Waals surface area contributed by atoms with Crippen molar-refractivity contribution in [2.24, 2.45) is 0 Å². The van der Waals surface area contributed by atoms with Gasteiger partial charge in [0.2, 0.25) is 0 Å². The fraction of sp³-hybridized carbons (Fsp3) is 0.250. The van der Waals surface area contributed by atoms with Gasteiger partial charge in [-0.25, -0.2) is 9.97 Å². The molecule has 0 aromatic carbocycles. The van der Waals surface area contributed by atoms with E-state index in [-0.39, 0.29) is 0 Å². The van der Waals surface area contributed by atoms with Crippen LogP contribution >= 0.6 is 0 Å². The summed E-state index contributed by atoms with van der Waals surface area (Å²) in [6.07, 6.45) is 7.09. The second-order valence-electron chi connectivity index (χ2n) is 2.82. The predicted molar refractivity (Wildman–Crippen MR) is 61.3 cm³/mol. The van der Waals surface area contributed by atoms with Gasteiger partial charge < -0.3 is 0 Å². The van der Waals surface area contributed by atoms with E-state index in [4.69, 9.17) is 0 Å². The Morgan fingerprint density at radius 1 is 0.933 bits per heavy atom. The Bertz CT molecular complexity index is 381. The van der Waals surface area contributed by atoms with Crippen LogP contribution in [0.2, 0.25) is 0 Å². The molecule has 0 aliphatic rings. The maximum absolute atomic E-state index is 4.21. The number of hydrogen-bond donors (Lipinski definition) is 0. The Morgan fingerprint density at radius 3 is 2.00 bits per heavy atom. The molecule has 2 rings (SSSR count). The van der Waals surface area contributed by atoms with Crippen molar-refractivity contribution in [2.45, 2.75) is 20.8 Å². The summed E-state index contributed by atoms with van der Waals surface area (Å²) in [4.78, 5) is 12.4. The van der Waals surface area contributed by atoms with E-state index in [0.29, 0.717) is 0 Å². The van der Waals surface area contributed by atoms with Gasteiger partial charge in [0, 0.05) is 30.4 Å². The van der Waals surface area contributed by atoms with Crippen molar-refractivity contribution in [2.75, 3.05) is 0 Å². The van der Waals surface area contributed by atoms with Crippen LogP contribution in [0.3, 0.4) is 0 Å². The Labute approximate surface area is 90.2 Å². The Hall–Kier alpha value is -1.77. The van der Waals surface area contributed by atoms with E-state index in [1.165, 1.54) is 0 Å². The normalized spacial score (nSPS) is 9.00. The van der Waals surface area contributed by atoms with Crippen LogP contribution in [0, 0.1) is 6.92 Å². The number of nitrogens with zero attached hydrogens (tertiary/aromatic N) is 3. The smallest absolute Gasteiger partial charge is 0.159 e. The van der Waals surface area contributed by atoms with Gasteiger partial charge in [0.1, 0.15) is 0 Å². The molecule has 0 spiro atoms. The van der Waals surface area contributed by atoms with E-state index >= 15 is 0 Å². The second-order valence-corrected chi connectivity index (χ2v) is 2.82. The van der Waals surface area contributed by atoms with Crippen molar-refractivity contribution < 1.29 is 0 Å². The highest BCUT2D eigenvalue weighted by molar-refractivity contribution is 5.52. The van der Waals surface area contributed by atoms with E-state index in [9.17, 15) is 0 Å². The third kappa shape index (κ3) is 3.13. The lowest BCUT2D eigenvalue weighted by Gasteiger charge is -1.98. The van der Waals surface area contributed by atoms with Crippen LogP contribution in [0.15, 0.2) is 36.9 Å². The standard InChI is InChI=1S/C10H9N3.C2H6/c1-8-6-12-10(13-7-8)9-2-4-11-5-3-9;1-2/h2-7H,1H3;1-2H3. The molecule has 2 aromatic rings. The molecule has 3 nitrogen and oxygen atoms in total. The summed E-state index contributed by atoms with van der Waals surface area (Å²) in [5.74, 6) is 0.744. The van der Waals surface area contributed by atoms with Crippen LogP contribution in [-0.2, 0) is 0 Å². The van der Waals surface area contributed by atoms with Crippen LogP contribution < -0.4 is 0 Å². The van der Waals surface area contributed by atoms with Gasteiger partial charge in [-0.1, -0.05) is 13.8 Å². The van der Waals surface area contributed by atoms with Crippen molar-refractivity contribution in [1.29, 1.82) is 0 Å². The molecule has 78 valence electrons. The summed E-state index contributed by atoms with van der Waals surface area (Å²) >= 11 is 0. The van der Waals surface area contributed by atoms with Gasteiger partial charge >= 0.3 is 0 Å². The minimum atomic E-state index is 0.744.